The summed E-state index contributed by atoms with van der Waals surface area (Å²) in [4.78, 5) is 10.1. The first-order chi connectivity index (χ1) is 2.81. The molecule has 0 aliphatic heterocycles. The molecule has 0 rings (SSSR count). The molecule has 0 saturated carbocycles. The number of thiocarbonyl (C=S) groups is 1. The summed E-state index contributed by atoms with van der Waals surface area (Å²) in [7, 11) is 0. The minimum atomic E-state index is 0.495. The molecule has 1 nitrogen and oxygen atoms in total. The molecule has 34 valence electrons. The van der Waals surface area contributed by atoms with E-state index in [1.807, 2.05) is 6.92 Å². The van der Waals surface area contributed by atoms with Crippen LogP contribution in [0.3, 0.4) is 0 Å². The quantitative estimate of drug-likeness (QED) is 0.381. The van der Waals surface area contributed by atoms with Crippen LogP contribution >= 0.6 is 12.2 Å². The minimum Gasteiger partial charge on any atom is -0.297 e. The third kappa shape index (κ3) is 2.03. The van der Waals surface area contributed by atoms with Gasteiger partial charge in [-0.3, -0.25) is 4.79 Å². The van der Waals surface area contributed by atoms with E-state index in [4.69, 9.17) is 0 Å². The van der Waals surface area contributed by atoms with E-state index in [-0.39, 0.29) is 0 Å². The zero-order valence-electron chi connectivity index (χ0n) is 3.60. The molecular weight excluding hydrogens is 96.1 g/mol. The second-order valence-electron chi connectivity index (χ2n) is 0.938. The van der Waals surface area contributed by atoms with E-state index in [0.717, 1.165) is 0 Å². The Bertz CT molecular complexity index is 67.9. The molecule has 0 radical (unpaired) electrons. The summed E-state index contributed by atoms with van der Waals surface area (Å²) < 4.78 is 0. The molecule has 0 unspecified atom stereocenters. The number of hydrogen-bond acceptors (Lipinski definition) is 2. The Morgan fingerprint density at radius 1 is 2.00 bits per heavy atom. The zero-order chi connectivity index (χ0) is 4.99. The van der Waals surface area contributed by atoms with Gasteiger partial charge in [-0.2, -0.15) is 0 Å². The Hall–Kier alpha value is -0.240. The van der Waals surface area contributed by atoms with Gasteiger partial charge in [-0.1, -0.05) is 19.1 Å². The molecular formula is C4H6OS. The van der Waals surface area contributed by atoms with Gasteiger partial charge in [0.1, 0.15) is 0 Å². The van der Waals surface area contributed by atoms with Crippen LogP contribution in [0.15, 0.2) is 0 Å². The van der Waals surface area contributed by atoms with Crippen molar-refractivity contribution in [2.75, 3.05) is 0 Å². The molecule has 0 N–H and O–H groups in total. The molecule has 0 aromatic rings. The minimum absolute atomic E-state index is 0.495. The van der Waals surface area contributed by atoms with Crippen LogP contribution in [0.4, 0.5) is 0 Å². The van der Waals surface area contributed by atoms with Crippen LogP contribution in [-0.2, 0) is 4.79 Å². The molecule has 0 aliphatic carbocycles. The Morgan fingerprint density at radius 2 is 2.50 bits per heavy atom. The van der Waals surface area contributed by atoms with E-state index in [1.165, 1.54) is 0 Å². The van der Waals surface area contributed by atoms with Crippen LogP contribution in [-0.4, -0.2) is 11.2 Å². The van der Waals surface area contributed by atoms with Crippen molar-refractivity contribution >= 4 is 23.4 Å². The molecule has 0 atom stereocenters. The maximum atomic E-state index is 9.59. The lowest BCUT2D eigenvalue weighted by Gasteiger charge is -1.75. The Labute approximate surface area is 42.4 Å². The monoisotopic (exact) mass is 102 g/mol. The largest absolute Gasteiger partial charge is 0.297 e. The average molecular weight is 102 g/mol. The second kappa shape index (κ2) is 2.97. The van der Waals surface area contributed by atoms with Gasteiger partial charge < -0.3 is 0 Å². The maximum absolute atomic E-state index is 9.59. The van der Waals surface area contributed by atoms with Crippen molar-refractivity contribution in [2.24, 2.45) is 0 Å². The van der Waals surface area contributed by atoms with Gasteiger partial charge in [-0.25, -0.2) is 0 Å². The first-order valence-corrected chi connectivity index (χ1v) is 2.20. The lowest BCUT2D eigenvalue weighted by Crippen LogP contribution is -1.88. The maximum Gasteiger partial charge on any atom is 0.156 e. The van der Waals surface area contributed by atoms with Crippen LogP contribution in [0, 0.1) is 0 Å². The normalized spacial score (nSPS) is 7.50. The molecule has 2 heteroatoms. The smallest absolute Gasteiger partial charge is 0.156 e. The molecule has 6 heavy (non-hydrogen) atoms. The number of hydrogen-bond donors (Lipinski definition) is 0. The van der Waals surface area contributed by atoms with Crippen molar-refractivity contribution in [1.29, 1.82) is 0 Å². The molecule has 0 aromatic carbocycles. The molecule has 0 bridgehead atoms. The molecule has 0 aliphatic rings. The second-order valence-corrected chi connectivity index (χ2v) is 1.46. The molecule has 0 heterocycles. The number of carbonyl (C=O) groups excluding carboxylic acids is 1. The van der Waals surface area contributed by atoms with Crippen LogP contribution in [0.2, 0.25) is 0 Å². The van der Waals surface area contributed by atoms with E-state index in [2.05, 4.69) is 12.2 Å². The van der Waals surface area contributed by atoms with Gasteiger partial charge >= 0.3 is 0 Å². The molecule has 0 amide bonds. The summed E-state index contributed by atoms with van der Waals surface area (Å²) in [5.41, 5.74) is 0. The van der Waals surface area contributed by atoms with Crippen molar-refractivity contribution in [3.63, 3.8) is 0 Å². The van der Waals surface area contributed by atoms with Crippen LogP contribution < -0.4 is 0 Å². The third-order valence-electron chi connectivity index (χ3n) is 0.480. The fraction of sp³-hybridized carbons (Fsp3) is 0.500. The zero-order valence-corrected chi connectivity index (χ0v) is 4.42. The van der Waals surface area contributed by atoms with Crippen LogP contribution in [0.1, 0.15) is 13.3 Å². The summed E-state index contributed by atoms with van der Waals surface area (Å²) in [5.74, 6) is 0. The van der Waals surface area contributed by atoms with Gasteiger partial charge in [0.05, 0.1) is 4.86 Å². The molecule has 0 spiro atoms. The summed E-state index contributed by atoms with van der Waals surface area (Å²) >= 11 is 4.49. The fourth-order valence-electron chi connectivity index (χ4n) is 0.0833. The summed E-state index contributed by atoms with van der Waals surface area (Å²) in [6, 6.07) is 0. The topological polar surface area (TPSA) is 17.1 Å². The molecule has 0 aromatic heterocycles. The van der Waals surface area contributed by atoms with Crippen molar-refractivity contribution in [3.8, 4) is 0 Å². The Balaban J connectivity index is 3.23. The van der Waals surface area contributed by atoms with E-state index < -0.39 is 0 Å². The summed E-state index contributed by atoms with van der Waals surface area (Å²) in [5, 5.41) is 0. The van der Waals surface area contributed by atoms with Crippen molar-refractivity contribution in [2.45, 2.75) is 13.3 Å². The molecule has 0 fully saturated rings. The van der Waals surface area contributed by atoms with Gasteiger partial charge in [0.15, 0.2) is 6.29 Å². The van der Waals surface area contributed by atoms with E-state index in [9.17, 15) is 4.79 Å². The Morgan fingerprint density at radius 3 is 2.50 bits per heavy atom. The SMILES string of the molecule is CCC(=S)C=O. The summed E-state index contributed by atoms with van der Waals surface area (Å²) in [6.45, 7) is 1.86. The highest BCUT2D eigenvalue weighted by molar-refractivity contribution is 7.81. The number of rotatable bonds is 2. The van der Waals surface area contributed by atoms with Gasteiger partial charge in [-0.15, -0.1) is 0 Å². The number of aldehydes is 1. The highest BCUT2D eigenvalue weighted by Gasteiger charge is 1.81. The predicted octanol–water partition coefficient (Wildman–Crippen LogP) is 0.965. The fourth-order valence-corrected chi connectivity index (χ4v) is 0.0833. The third-order valence-corrected chi connectivity index (χ3v) is 0.865. The highest BCUT2D eigenvalue weighted by atomic mass is 32.1. The van der Waals surface area contributed by atoms with E-state index >= 15 is 0 Å². The van der Waals surface area contributed by atoms with Gasteiger partial charge in [0, 0.05) is 0 Å². The standard InChI is InChI=1S/C4H6OS/c1-2-4(6)3-5/h3H,2H2,1H3. The van der Waals surface area contributed by atoms with Gasteiger partial charge in [-0.05, 0) is 6.42 Å². The highest BCUT2D eigenvalue weighted by Crippen LogP contribution is 1.76. The van der Waals surface area contributed by atoms with Gasteiger partial charge in [0.25, 0.3) is 0 Å². The van der Waals surface area contributed by atoms with Crippen LogP contribution in [0.25, 0.3) is 0 Å². The first kappa shape index (κ1) is 5.76. The predicted molar refractivity (Wildman–Crippen MR) is 29.0 cm³/mol. The van der Waals surface area contributed by atoms with Crippen LogP contribution in [0.5, 0.6) is 0 Å². The van der Waals surface area contributed by atoms with Crippen molar-refractivity contribution in [3.05, 3.63) is 0 Å². The van der Waals surface area contributed by atoms with Crippen molar-refractivity contribution < 1.29 is 4.79 Å². The summed E-state index contributed by atoms with van der Waals surface area (Å²) in [6.07, 6.45) is 1.40. The molecule has 0 saturated heterocycles. The number of carbonyl (C=O) groups is 1. The average Bonchev–Trinajstić information content (AvgIpc) is 1.65. The van der Waals surface area contributed by atoms with Gasteiger partial charge in [0.2, 0.25) is 0 Å². The van der Waals surface area contributed by atoms with E-state index in [0.29, 0.717) is 17.6 Å². The lowest BCUT2D eigenvalue weighted by atomic mass is 10.4. The Kier molecular flexibility index (Phi) is 2.85. The van der Waals surface area contributed by atoms with E-state index in [1.54, 1.807) is 0 Å². The van der Waals surface area contributed by atoms with Crippen molar-refractivity contribution in [1.82, 2.24) is 0 Å². The first-order valence-electron chi connectivity index (χ1n) is 1.79. The lowest BCUT2D eigenvalue weighted by molar-refractivity contribution is -0.102.